The maximum absolute atomic E-state index is 12.0. The minimum atomic E-state index is -0.0891. The maximum Gasteiger partial charge on any atom is 0.252 e. The van der Waals surface area contributed by atoms with Gasteiger partial charge < -0.3 is 5.32 Å². The normalized spacial score (nSPS) is 11.7. The van der Waals surface area contributed by atoms with Gasteiger partial charge in [-0.2, -0.15) is 5.10 Å². The number of amides is 1. The lowest BCUT2D eigenvalue weighted by Crippen LogP contribution is -2.32. The molecule has 0 aliphatic rings. The van der Waals surface area contributed by atoms with E-state index >= 15 is 0 Å². The number of hydrogen-bond acceptors (Lipinski definition) is 3. The van der Waals surface area contributed by atoms with Gasteiger partial charge in [0.25, 0.3) is 5.91 Å². The summed E-state index contributed by atoms with van der Waals surface area (Å²) in [6, 6.07) is 1.70. The number of nitrogens with one attached hydrogen (secondary N) is 2. The van der Waals surface area contributed by atoms with Crippen molar-refractivity contribution in [2.24, 2.45) is 5.41 Å². The summed E-state index contributed by atoms with van der Waals surface area (Å²) in [4.78, 5) is 16.1. The molecule has 0 fully saturated rings. The van der Waals surface area contributed by atoms with Gasteiger partial charge in [-0.15, -0.1) is 0 Å². The average Bonchev–Trinajstić information content (AvgIpc) is 2.72. The van der Waals surface area contributed by atoms with Crippen molar-refractivity contribution in [3.8, 4) is 0 Å². The van der Waals surface area contributed by atoms with E-state index in [0.717, 1.165) is 5.39 Å². The number of carbonyl (C=O) groups is 1. The summed E-state index contributed by atoms with van der Waals surface area (Å²) in [5, 5.41) is 10.3. The molecule has 0 aliphatic heterocycles. The third-order valence-electron chi connectivity index (χ3n) is 2.38. The summed E-state index contributed by atoms with van der Waals surface area (Å²) in [6.07, 6.45) is 3.22. The first-order valence-corrected chi connectivity index (χ1v) is 5.54. The molecular weight excluding hydrogens is 216 g/mol. The second-order valence-corrected chi connectivity index (χ2v) is 5.23. The molecule has 17 heavy (non-hydrogen) atoms. The highest BCUT2D eigenvalue weighted by atomic mass is 16.1. The predicted molar refractivity (Wildman–Crippen MR) is 65.7 cm³/mol. The Morgan fingerprint density at radius 1 is 1.47 bits per heavy atom. The fourth-order valence-corrected chi connectivity index (χ4v) is 1.49. The Morgan fingerprint density at radius 2 is 2.24 bits per heavy atom. The number of aromatic amines is 1. The third kappa shape index (κ3) is 2.61. The van der Waals surface area contributed by atoms with E-state index in [4.69, 9.17) is 0 Å². The lowest BCUT2D eigenvalue weighted by molar-refractivity contribution is 0.0941. The van der Waals surface area contributed by atoms with Crippen LogP contribution < -0.4 is 5.32 Å². The van der Waals surface area contributed by atoms with Crippen molar-refractivity contribution in [1.82, 2.24) is 20.5 Å². The highest BCUT2D eigenvalue weighted by molar-refractivity contribution is 6.05. The topological polar surface area (TPSA) is 70.7 Å². The van der Waals surface area contributed by atoms with E-state index in [2.05, 4.69) is 41.3 Å². The summed E-state index contributed by atoms with van der Waals surface area (Å²) in [5.74, 6) is -0.0891. The first kappa shape index (κ1) is 11.6. The van der Waals surface area contributed by atoms with Gasteiger partial charge in [-0.3, -0.25) is 9.89 Å². The molecule has 2 aromatic heterocycles. The standard InChI is InChI=1S/C12H16N4O/c1-12(2,3)7-14-11(17)8-4-5-13-10-9(8)6-15-16-10/h4-6H,7H2,1-3H3,(H,14,17)(H,13,15,16). The molecule has 0 bridgehead atoms. The molecule has 0 radical (unpaired) electrons. The van der Waals surface area contributed by atoms with Crippen molar-refractivity contribution in [1.29, 1.82) is 0 Å². The molecule has 2 aromatic rings. The molecule has 0 spiro atoms. The largest absolute Gasteiger partial charge is 0.351 e. The Bertz CT molecular complexity index is 539. The molecule has 0 aliphatic carbocycles. The van der Waals surface area contributed by atoms with Gasteiger partial charge in [-0.1, -0.05) is 20.8 Å². The molecule has 2 heterocycles. The molecule has 0 saturated heterocycles. The monoisotopic (exact) mass is 232 g/mol. The van der Waals surface area contributed by atoms with Crippen LogP contribution in [0.4, 0.5) is 0 Å². The summed E-state index contributed by atoms with van der Waals surface area (Å²) in [7, 11) is 0. The van der Waals surface area contributed by atoms with E-state index < -0.39 is 0 Å². The van der Waals surface area contributed by atoms with Crippen LogP contribution >= 0.6 is 0 Å². The van der Waals surface area contributed by atoms with Crippen LogP contribution in [0.3, 0.4) is 0 Å². The van der Waals surface area contributed by atoms with Crippen LogP contribution in [0.25, 0.3) is 11.0 Å². The molecule has 90 valence electrons. The minimum Gasteiger partial charge on any atom is -0.351 e. The van der Waals surface area contributed by atoms with E-state index in [9.17, 15) is 4.79 Å². The van der Waals surface area contributed by atoms with Crippen molar-refractivity contribution in [2.75, 3.05) is 6.54 Å². The van der Waals surface area contributed by atoms with Crippen molar-refractivity contribution >= 4 is 16.9 Å². The number of aromatic nitrogens is 3. The summed E-state index contributed by atoms with van der Waals surface area (Å²) >= 11 is 0. The van der Waals surface area contributed by atoms with Gasteiger partial charge in [0.1, 0.15) is 0 Å². The number of pyridine rings is 1. The summed E-state index contributed by atoms with van der Waals surface area (Å²) in [5.41, 5.74) is 1.31. The van der Waals surface area contributed by atoms with Gasteiger partial charge in [-0.25, -0.2) is 4.98 Å². The van der Waals surface area contributed by atoms with Crippen molar-refractivity contribution in [2.45, 2.75) is 20.8 Å². The smallest absolute Gasteiger partial charge is 0.252 e. The average molecular weight is 232 g/mol. The van der Waals surface area contributed by atoms with Gasteiger partial charge in [0, 0.05) is 12.7 Å². The van der Waals surface area contributed by atoms with Crippen LogP contribution in [-0.4, -0.2) is 27.6 Å². The Morgan fingerprint density at radius 3 is 2.94 bits per heavy atom. The molecular formula is C12H16N4O. The lowest BCUT2D eigenvalue weighted by atomic mass is 9.97. The van der Waals surface area contributed by atoms with Gasteiger partial charge in [0.2, 0.25) is 0 Å². The zero-order chi connectivity index (χ0) is 12.5. The highest BCUT2D eigenvalue weighted by Gasteiger charge is 2.15. The molecule has 2 rings (SSSR count). The summed E-state index contributed by atoms with van der Waals surface area (Å²) < 4.78 is 0. The quantitative estimate of drug-likeness (QED) is 0.828. The second kappa shape index (κ2) is 4.16. The number of H-pyrrole nitrogens is 1. The van der Waals surface area contributed by atoms with Crippen molar-refractivity contribution < 1.29 is 4.79 Å². The number of carbonyl (C=O) groups excluding carboxylic acids is 1. The third-order valence-corrected chi connectivity index (χ3v) is 2.38. The SMILES string of the molecule is CC(C)(C)CNC(=O)c1ccnc2[nH]ncc12. The van der Waals surface area contributed by atoms with Gasteiger partial charge in [0.05, 0.1) is 17.1 Å². The van der Waals surface area contributed by atoms with E-state index in [0.29, 0.717) is 17.8 Å². The van der Waals surface area contributed by atoms with Gasteiger partial charge in [-0.05, 0) is 11.5 Å². The van der Waals surface area contributed by atoms with Crippen LogP contribution in [-0.2, 0) is 0 Å². The van der Waals surface area contributed by atoms with Crippen LogP contribution in [0.2, 0.25) is 0 Å². The summed E-state index contributed by atoms with van der Waals surface area (Å²) in [6.45, 7) is 6.86. The highest BCUT2D eigenvalue weighted by Crippen LogP contribution is 2.15. The zero-order valence-electron chi connectivity index (χ0n) is 10.2. The van der Waals surface area contributed by atoms with Crippen LogP contribution in [0.15, 0.2) is 18.5 Å². The molecule has 1 amide bonds. The fourth-order valence-electron chi connectivity index (χ4n) is 1.49. The maximum atomic E-state index is 12.0. The Balaban J connectivity index is 2.22. The molecule has 2 N–H and O–H groups in total. The number of hydrogen-bond donors (Lipinski definition) is 2. The molecule has 0 aromatic carbocycles. The van der Waals surface area contributed by atoms with E-state index in [1.165, 1.54) is 0 Å². The van der Waals surface area contributed by atoms with Gasteiger partial charge >= 0.3 is 0 Å². The minimum absolute atomic E-state index is 0.0677. The van der Waals surface area contributed by atoms with Gasteiger partial charge in [0.15, 0.2) is 5.65 Å². The Labute approximate surface area is 99.6 Å². The molecule has 0 saturated carbocycles. The van der Waals surface area contributed by atoms with Crippen molar-refractivity contribution in [3.05, 3.63) is 24.0 Å². The number of fused-ring (bicyclic) bond motifs is 1. The van der Waals surface area contributed by atoms with E-state index in [1.807, 2.05) is 0 Å². The number of rotatable bonds is 2. The van der Waals surface area contributed by atoms with Crippen LogP contribution in [0.1, 0.15) is 31.1 Å². The van der Waals surface area contributed by atoms with E-state index in [1.54, 1.807) is 18.5 Å². The molecule has 5 heteroatoms. The zero-order valence-corrected chi connectivity index (χ0v) is 10.2. The first-order valence-electron chi connectivity index (χ1n) is 5.54. The Kier molecular flexibility index (Phi) is 2.83. The first-order chi connectivity index (χ1) is 7.97. The molecule has 5 nitrogen and oxygen atoms in total. The lowest BCUT2D eigenvalue weighted by Gasteiger charge is -2.18. The van der Waals surface area contributed by atoms with Crippen molar-refractivity contribution in [3.63, 3.8) is 0 Å². The molecule has 0 atom stereocenters. The number of nitrogens with zero attached hydrogens (tertiary/aromatic N) is 2. The predicted octanol–water partition coefficient (Wildman–Crippen LogP) is 1.73. The van der Waals surface area contributed by atoms with E-state index in [-0.39, 0.29) is 11.3 Å². The molecule has 0 unspecified atom stereocenters. The Hall–Kier alpha value is -1.91. The second-order valence-electron chi connectivity index (χ2n) is 5.23. The van der Waals surface area contributed by atoms with Crippen LogP contribution in [0, 0.1) is 5.41 Å². The van der Waals surface area contributed by atoms with Crippen LogP contribution in [0.5, 0.6) is 0 Å². The fraction of sp³-hybridized carbons (Fsp3) is 0.417.